The molecule has 2 bridgehead atoms. The molecule has 0 unspecified atom stereocenters. The Labute approximate surface area is 131 Å². The van der Waals surface area contributed by atoms with Crippen LogP contribution in [0, 0.1) is 11.8 Å². The van der Waals surface area contributed by atoms with E-state index in [2.05, 4.69) is 5.32 Å². The maximum absolute atomic E-state index is 12.4. The first-order valence-corrected chi connectivity index (χ1v) is 7.37. The Morgan fingerprint density at radius 3 is 2.52 bits per heavy atom. The highest BCUT2D eigenvalue weighted by Crippen LogP contribution is 2.44. The van der Waals surface area contributed by atoms with Crippen LogP contribution in [-0.4, -0.2) is 29.2 Å². The lowest BCUT2D eigenvalue weighted by molar-refractivity contribution is -0.147. The average Bonchev–Trinajstić information content (AvgIpc) is 3.03. The van der Waals surface area contributed by atoms with E-state index in [1.54, 1.807) is 12.1 Å². The normalized spacial score (nSPS) is 30.4. The number of hydrogen-bond donors (Lipinski definition) is 2. The van der Waals surface area contributed by atoms with E-state index in [1.165, 1.54) is 6.07 Å². The van der Waals surface area contributed by atoms with E-state index < -0.39 is 23.7 Å². The molecule has 21 heavy (non-hydrogen) atoms. The molecule has 2 fully saturated rings. The van der Waals surface area contributed by atoms with Crippen molar-refractivity contribution in [3.8, 4) is 0 Å². The lowest BCUT2D eigenvalue weighted by Crippen LogP contribution is -2.41. The molecule has 1 amide bonds. The van der Waals surface area contributed by atoms with Crippen LogP contribution in [0.4, 0.5) is 5.69 Å². The molecule has 2 aliphatic rings. The molecule has 2 heterocycles. The molecule has 0 aromatic heterocycles. The molecule has 0 spiro atoms. The van der Waals surface area contributed by atoms with Crippen molar-refractivity contribution in [3.05, 3.63) is 28.2 Å². The SMILES string of the molecule is O=C(Nc1cc(Cl)ccc1Cl)[C@@H]1[C@H](C(=O)O)[C@H]2CC[C@H]1O2. The van der Waals surface area contributed by atoms with Gasteiger partial charge in [0.05, 0.1) is 34.8 Å². The standard InChI is InChI=1S/C14H13Cl2NO4/c15-6-1-2-7(16)8(5-6)17-13(18)11-9-3-4-10(21-9)12(11)14(19)20/h1-2,5,9-12H,3-4H2,(H,17,18)(H,19,20)/t9-,10-,11+,12-/m1/s1. The molecule has 4 atom stereocenters. The van der Waals surface area contributed by atoms with Gasteiger partial charge in [0, 0.05) is 5.02 Å². The van der Waals surface area contributed by atoms with Gasteiger partial charge in [0.25, 0.3) is 0 Å². The van der Waals surface area contributed by atoms with Crippen LogP contribution in [0.3, 0.4) is 0 Å². The van der Waals surface area contributed by atoms with E-state index in [0.29, 0.717) is 28.6 Å². The molecule has 112 valence electrons. The zero-order valence-corrected chi connectivity index (χ0v) is 12.4. The number of carboxylic acid groups (broad SMARTS) is 1. The van der Waals surface area contributed by atoms with Crippen molar-refractivity contribution in [2.45, 2.75) is 25.0 Å². The molecule has 0 radical (unpaired) electrons. The summed E-state index contributed by atoms with van der Waals surface area (Å²) in [7, 11) is 0. The van der Waals surface area contributed by atoms with Gasteiger partial charge in [-0.15, -0.1) is 0 Å². The number of hydrogen-bond acceptors (Lipinski definition) is 3. The summed E-state index contributed by atoms with van der Waals surface area (Å²) in [4.78, 5) is 23.8. The van der Waals surface area contributed by atoms with Crippen LogP contribution in [0.2, 0.25) is 10.0 Å². The lowest BCUT2D eigenvalue weighted by atomic mass is 9.78. The smallest absolute Gasteiger partial charge is 0.310 e. The van der Waals surface area contributed by atoms with Gasteiger partial charge in [0.2, 0.25) is 5.91 Å². The largest absolute Gasteiger partial charge is 0.481 e. The highest BCUT2D eigenvalue weighted by molar-refractivity contribution is 6.35. The molecule has 1 aromatic rings. The first-order valence-electron chi connectivity index (χ1n) is 6.61. The van der Waals surface area contributed by atoms with Crippen LogP contribution in [0.5, 0.6) is 0 Å². The van der Waals surface area contributed by atoms with Gasteiger partial charge < -0.3 is 15.2 Å². The van der Waals surface area contributed by atoms with Crippen LogP contribution >= 0.6 is 23.2 Å². The number of fused-ring (bicyclic) bond motifs is 2. The quantitative estimate of drug-likeness (QED) is 0.894. The van der Waals surface area contributed by atoms with Gasteiger partial charge in [0.15, 0.2) is 0 Å². The third kappa shape index (κ3) is 2.61. The molecular weight excluding hydrogens is 317 g/mol. The van der Waals surface area contributed by atoms with Gasteiger partial charge in [-0.25, -0.2) is 0 Å². The molecular formula is C14H13Cl2NO4. The second-order valence-corrected chi connectivity index (χ2v) is 6.14. The highest BCUT2D eigenvalue weighted by Gasteiger charge is 2.55. The van der Waals surface area contributed by atoms with Crippen LogP contribution in [0.25, 0.3) is 0 Å². The number of ether oxygens (including phenoxy) is 1. The van der Waals surface area contributed by atoms with E-state index in [-0.39, 0.29) is 12.2 Å². The van der Waals surface area contributed by atoms with Gasteiger partial charge >= 0.3 is 5.97 Å². The summed E-state index contributed by atoms with van der Waals surface area (Å²) in [5, 5.41) is 12.8. The number of benzene rings is 1. The van der Waals surface area contributed by atoms with Crippen molar-refractivity contribution < 1.29 is 19.4 Å². The second-order valence-electron chi connectivity index (χ2n) is 5.29. The molecule has 7 heteroatoms. The number of amides is 1. The number of rotatable bonds is 3. The van der Waals surface area contributed by atoms with Crippen molar-refractivity contribution in [1.82, 2.24) is 0 Å². The Bertz CT molecular complexity index is 607. The fraction of sp³-hybridized carbons (Fsp3) is 0.429. The summed E-state index contributed by atoms with van der Waals surface area (Å²) in [5.41, 5.74) is 0.376. The number of carbonyl (C=O) groups is 2. The molecule has 5 nitrogen and oxygen atoms in total. The van der Waals surface area contributed by atoms with Crippen LogP contribution in [0.1, 0.15) is 12.8 Å². The molecule has 0 saturated carbocycles. The molecule has 2 N–H and O–H groups in total. The maximum Gasteiger partial charge on any atom is 0.310 e. The minimum atomic E-state index is -1.00. The Morgan fingerprint density at radius 1 is 1.19 bits per heavy atom. The zero-order valence-electron chi connectivity index (χ0n) is 10.9. The predicted molar refractivity (Wildman–Crippen MR) is 77.6 cm³/mol. The van der Waals surface area contributed by atoms with Crippen LogP contribution < -0.4 is 5.32 Å². The third-order valence-electron chi connectivity index (χ3n) is 4.05. The Morgan fingerprint density at radius 2 is 1.86 bits per heavy atom. The highest BCUT2D eigenvalue weighted by atomic mass is 35.5. The van der Waals surface area contributed by atoms with E-state index in [1.807, 2.05) is 0 Å². The van der Waals surface area contributed by atoms with Crippen molar-refractivity contribution >= 4 is 40.8 Å². The zero-order chi connectivity index (χ0) is 15.1. The first kappa shape index (κ1) is 14.6. The average molecular weight is 330 g/mol. The summed E-state index contributed by atoms with van der Waals surface area (Å²) in [6.45, 7) is 0. The number of carbonyl (C=O) groups excluding carboxylic acids is 1. The monoisotopic (exact) mass is 329 g/mol. The molecule has 1 aromatic carbocycles. The van der Waals surface area contributed by atoms with E-state index in [0.717, 1.165) is 0 Å². The van der Waals surface area contributed by atoms with Crippen molar-refractivity contribution in [1.29, 1.82) is 0 Å². The number of nitrogens with one attached hydrogen (secondary N) is 1. The predicted octanol–water partition coefficient (Wildman–Crippen LogP) is 2.81. The van der Waals surface area contributed by atoms with E-state index in [4.69, 9.17) is 27.9 Å². The number of anilines is 1. The minimum Gasteiger partial charge on any atom is -0.481 e. The number of carboxylic acids is 1. The van der Waals surface area contributed by atoms with Gasteiger partial charge in [-0.05, 0) is 31.0 Å². The van der Waals surface area contributed by atoms with Crippen molar-refractivity contribution in [2.75, 3.05) is 5.32 Å². The van der Waals surface area contributed by atoms with Gasteiger partial charge in [-0.2, -0.15) is 0 Å². The van der Waals surface area contributed by atoms with Crippen LogP contribution in [-0.2, 0) is 14.3 Å². The Hall–Kier alpha value is -1.30. The van der Waals surface area contributed by atoms with E-state index >= 15 is 0 Å². The fourth-order valence-corrected chi connectivity index (χ4v) is 3.47. The van der Waals surface area contributed by atoms with Gasteiger partial charge in [-0.1, -0.05) is 23.2 Å². The summed E-state index contributed by atoms with van der Waals surface area (Å²) >= 11 is 11.9. The topological polar surface area (TPSA) is 75.6 Å². The molecule has 2 saturated heterocycles. The summed E-state index contributed by atoms with van der Waals surface area (Å²) < 4.78 is 5.57. The Balaban J connectivity index is 1.81. The number of halogens is 2. The Kier molecular flexibility index (Phi) is 3.82. The summed E-state index contributed by atoms with van der Waals surface area (Å²) in [6.07, 6.45) is 0.672. The van der Waals surface area contributed by atoms with E-state index in [9.17, 15) is 14.7 Å². The molecule has 3 rings (SSSR count). The second kappa shape index (κ2) is 5.48. The van der Waals surface area contributed by atoms with Gasteiger partial charge in [-0.3, -0.25) is 9.59 Å². The lowest BCUT2D eigenvalue weighted by Gasteiger charge is -2.24. The van der Waals surface area contributed by atoms with Gasteiger partial charge in [0.1, 0.15) is 0 Å². The molecule has 0 aliphatic carbocycles. The number of aliphatic carboxylic acids is 1. The summed E-state index contributed by atoms with van der Waals surface area (Å²) in [5.74, 6) is -2.89. The molecule has 2 aliphatic heterocycles. The fourth-order valence-electron chi connectivity index (χ4n) is 3.13. The maximum atomic E-state index is 12.4. The summed E-state index contributed by atoms with van der Waals surface area (Å²) in [6, 6.07) is 4.72. The first-order chi connectivity index (χ1) is 9.97. The van der Waals surface area contributed by atoms with Crippen molar-refractivity contribution in [2.24, 2.45) is 11.8 Å². The third-order valence-corrected chi connectivity index (χ3v) is 4.61. The minimum absolute atomic E-state index is 0.339. The van der Waals surface area contributed by atoms with Crippen LogP contribution in [0.15, 0.2) is 18.2 Å². The van der Waals surface area contributed by atoms with Crippen molar-refractivity contribution in [3.63, 3.8) is 0 Å².